The van der Waals surface area contributed by atoms with Gasteiger partial charge in [0.1, 0.15) is 10.8 Å². The molecule has 0 saturated carbocycles. The summed E-state index contributed by atoms with van der Waals surface area (Å²) in [6.45, 7) is 0. The first-order valence-electron chi connectivity index (χ1n) is 6.09. The zero-order chi connectivity index (χ0) is 14.8. The van der Waals surface area contributed by atoms with Crippen LogP contribution in [-0.2, 0) is 0 Å². The van der Waals surface area contributed by atoms with Crippen LogP contribution < -0.4 is 0 Å². The molecule has 1 heterocycles. The number of thiazole rings is 1. The van der Waals surface area contributed by atoms with E-state index >= 15 is 0 Å². The van der Waals surface area contributed by atoms with Crippen LogP contribution in [0.1, 0.15) is 5.56 Å². The minimum absolute atomic E-state index is 0.301. The van der Waals surface area contributed by atoms with Gasteiger partial charge >= 0.3 is 0 Å². The van der Waals surface area contributed by atoms with Gasteiger partial charge in [-0.1, -0.05) is 28.1 Å². The highest BCUT2D eigenvalue weighted by Crippen LogP contribution is 2.32. The normalized spacial score (nSPS) is 10.3. The molecule has 0 aliphatic carbocycles. The first kappa shape index (κ1) is 13.9. The minimum Gasteiger partial charge on any atom is -0.236 e. The minimum atomic E-state index is -0.301. The molecule has 0 N–H and O–H groups in total. The van der Waals surface area contributed by atoms with Crippen molar-refractivity contribution in [2.24, 2.45) is 0 Å². The molecule has 0 aliphatic heterocycles. The van der Waals surface area contributed by atoms with Crippen molar-refractivity contribution >= 4 is 27.3 Å². The Balaban J connectivity index is 2.04. The van der Waals surface area contributed by atoms with Gasteiger partial charge in [-0.2, -0.15) is 5.26 Å². The van der Waals surface area contributed by atoms with E-state index in [1.807, 2.05) is 17.5 Å². The molecule has 3 rings (SSSR count). The Hall–Kier alpha value is -2.03. The molecule has 0 saturated heterocycles. The summed E-state index contributed by atoms with van der Waals surface area (Å²) >= 11 is 4.72. The number of benzene rings is 2. The van der Waals surface area contributed by atoms with Gasteiger partial charge < -0.3 is 0 Å². The third-order valence-electron chi connectivity index (χ3n) is 2.95. The molecule has 2 aromatic carbocycles. The van der Waals surface area contributed by atoms with Gasteiger partial charge in [0.25, 0.3) is 0 Å². The Morgan fingerprint density at radius 3 is 2.86 bits per heavy atom. The average Bonchev–Trinajstić information content (AvgIpc) is 2.99. The maximum absolute atomic E-state index is 13.9. The number of hydrogen-bond acceptors (Lipinski definition) is 3. The number of hydrogen-bond donors (Lipinski definition) is 0. The summed E-state index contributed by atoms with van der Waals surface area (Å²) < 4.78 is 14.7. The van der Waals surface area contributed by atoms with Gasteiger partial charge in [0.05, 0.1) is 17.3 Å². The average molecular weight is 359 g/mol. The molecule has 0 amide bonds. The lowest BCUT2D eigenvalue weighted by Crippen LogP contribution is -1.85. The van der Waals surface area contributed by atoms with E-state index in [1.165, 1.54) is 17.4 Å². The van der Waals surface area contributed by atoms with Gasteiger partial charge in [-0.3, -0.25) is 0 Å². The van der Waals surface area contributed by atoms with E-state index in [9.17, 15) is 4.39 Å². The van der Waals surface area contributed by atoms with Crippen molar-refractivity contribution in [3.8, 4) is 27.9 Å². The maximum Gasteiger partial charge on any atom is 0.133 e. The predicted octanol–water partition coefficient (Wildman–Crippen LogP) is 5.25. The third-order valence-corrected chi connectivity index (χ3v) is 4.32. The second-order valence-electron chi connectivity index (χ2n) is 4.35. The summed E-state index contributed by atoms with van der Waals surface area (Å²) in [6.07, 6.45) is 0. The van der Waals surface area contributed by atoms with E-state index in [4.69, 9.17) is 5.26 Å². The number of nitrogens with zero attached hydrogens (tertiary/aromatic N) is 2. The second kappa shape index (κ2) is 5.76. The molecule has 2 nitrogen and oxygen atoms in total. The fourth-order valence-electron chi connectivity index (χ4n) is 1.94. The van der Waals surface area contributed by atoms with Crippen molar-refractivity contribution in [1.29, 1.82) is 5.26 Å². The van der Waals surface area contributed by atoms with E-state index in [0.717, 1.165) is 15.7 Å². The van der Waals surface area contributed by atoms with Gasteiger partial charge in [-0.25, -0.2) is 9.37 Å². The Kier molecular flexibility index (Phi) is 3.82. The molecule has 5 heteroatoms. The van der Waals surface area contributed by atoms with Crippen molar-refractivity contribution in [3.63, 3.8) is 0 Å². The molecule has 3 aromatic rings. The molecule has 0 radical (unpaired) electrons. The summed E-state index contributed by atoms with van der Waals surface area (Å²) in [5.74, 6) is -0.301. The third kappa shape index (κ3) is 2.87. The highest BCUT2D eigenvalue weighted by atomic mass is 79.9. The molecule has 0 atom stereocenters. The van der Waals surface area contributed by atoms with Crippen molar-refractivity contribution in [3.05, 3.63) is 63.7 Å². The van der Waals surface area contributed by atoms with Crippen molar-refractivity contribution < 1.29 is 4.39 Å². The zero-order valence-electron chi connectivity index (χ0n) is 10.7. The fraction of sp³-hybridized carbons (Fsp3) is 0. The smallest absolute Gasteiger partial charge is 0.133 e. The molecular weight excluding hydrogens is 351 g/mol. The quantitative estimate of drug-likeness (QED) is 0.627. The van der Waals surface area contributed by atoms with Crippen molar-refractivity contribution in [2.75, 3.05) is 0 Å². The van der Waals surface area contributed by atoms with Crippen molar-refractivity contribution in [2.45, 2.75) is 0 Å². The molecule has 0 spiro atoms. The van der Waals surface area contributed by atoms with E-state index < -0.39 is 0 Å². The molecular formula is C16H8BrFN2S. The lowest BCUT2D eigenvalue weighted by molar-refractivity contribution is 0.631. The van der Waals surface area contributed by atoms with Crippen LogP contribution in [0.2, 0.25) is 0 Å². The first-order valence-corrected chi connectivity index (χ1v) is 7.76. The Bertz CT molecular complexity index is 851. The number of aromatic nitrogens is 1. The van der Waals surface area contributed by atoms with Gasteiger partial charge in [0.15, 0.2) is 0 Å². The number of halogens is 2. The largest absolute Gasteiger partial charge is 0.236 e. The summed E-state index contributed by atoms with van der Waals surface area (Å²) in [5.41, 5.74) is 2.64. The number of nitriles is 1. The van der Waals surface area contributed by atoms with Crippen LogP contribution in [0, 0.1) is 17.1 Å². The summed E-state index contributed by atoms with van der Waals surface area (Å²) in [4.78, 5) is 4.48. The van der Waals surface area contributed by atoms with Gasteiger partial charge in [0.2, 0.25) is 0 Å². The molecule has 1 aromatic heterocycles. The van der Waals surface area contributed by atoms with E-state index in [-0.39, 0.29) is 5.82 Å². The Morgan fingerprint density at radius 1 is 1.19 bits per heavy atom. The zero-order valence-corrected chi connectivity index (χ0v) is 13.1. The Labute approximate surface area is 133 Å². The summed E-state index contributed by atoms with van der Waals surface area (Å²) in [6, 6.07) is 14.1. The van der Waals surface area contributed by atoms with Crippen LogP contribution in [0.15, 0.2) is 52.3 Å². The van der Waals surface area contributed by atoms with Gasteiger partial charge in [0, 0.05) is 21.0 Å². The summed E-state index contributed by atoms with van der Waals surface area (Å²) in [5, 5.41) is 11.4. The monoisotopic (exact) mass is 358 g/mol. The molecule has 21 heavy (non-hydrogen) atoms. The molecule has 0 bridgehead atoms. The van der Waals surface area contributed by atoms with Gasteiger partial charge in [-0.15, -0.1) is 11.3 Å². The van der Waals surface area contributed by atoms with Crippen LogP contribution >= 0.6 is 27.3 Å². The molecule has 0 fully saturated rings. The Morgan fingerprint density at radius 2 is 2.05 bits per heavy atom. The topological polar surface area (TPSA) is 36.7 Å². The van der Waals surface area contributed by atoms with Crippen molar-refractivity contribution in [1.82, 2.24) is 4.98 Å². The van der Waals surface area contributed by atoms with E-state index in [0.29, 0.717) is 16.1 Å². The van der Waals surface area contributed by atoms with Crippen LogP contribution in [0.3, 0.4) is 0 Å². The second-order valence-corrected chi connectivity index (χ2v) is 6.13. The lowest BCUT2D eigenvalue weighted by Gasteiger charge is -2.00. The van der Waals surface area contributed by atoms with E-state index in [2.05, 4.69) is 27.0 Å². The van der Waals surface area contributed by atoms with Crippen LogP contribution in [-0.4, -0.2) is 4.98 Å². The molecule has 0 unspecified atom stereocenters. The van der Waals surface area contributed by atoms with Crippen LogP contribution in [0.5, 0.6) is 0 Å². The van der Waals surface area contributed by atoms with Gasteiger partial charge in [-0.05, 0) is 30.3 Å². The SMILES string of the molecule is N#Cc1cccc(-c2csc(-c3cc(Br)ccc3F)n2)c1. The highest BCUT2D eigenvalue weighted by molar-refractivity contribution is 9.10. The molecule has 0 aliphatic rings. The first-order chi connectivity index (χ1) is 10.2. The lowest BCUT2D eigenvalue weighted by atomic mass is 10.1. The van der Waals surface area contributed by atoms with E-state index in [1.54, 1.807) is 24.3 Å². The summed E-state index contributed by atoms with van der Waals surface area (Å²) in [7, 11) is 0. The van der Waals surface area contributed by atoms with Crippen LogP contribution in [0.25, 0.3) is 21.8 Å². The fourth-order valence-corrected chi connectivity index (χ4v) is 3.15. The number of rotatable bonds is 2. The molecule has 102 valence electrons. The van der Waals surface area contributed by atoms with Crippen LogP contribution in [0.4, 0.5) is 4.39 Å². The maximum atomic E-state index is 13.9. The standard InChI is InChI=1S/C16H8BrFN2S/c17-12-4-5-14(18)13(7-12)16-20-15(9-21-16)11-3-1-2-10(6-11)8-19/h1-7,9H. The predicted molar refractivity (Wildman–Crippen MR) is 85.4 cm³/mol. The highest BCUT2D eigenvalue weighted by Gasteiger charge is 2.11.